The van der Waals surface area contributed by atoms with Gasteiger partial charge in [-0.2, -0.15) is 0 Å². The maximum atomic E-state index is 11.8. The van der Waals surface area contributed by atoms with Gasteiger partial charge in [0.1, 0.15) is 6.10 Å². The molecular formula is C22H18O2S4. The van der Waals surface area contributed by atoms with Gasteiger partial charge in [-0.05, 0) is 34.0 Å². The van der Waals surface area contributed by atoms with Crippen LogP contribution in [0.15, 0.2) is 81.7 Å². The van der Waals surface area contributed by atoms with Crippen molar-refractivity contribution in [2.75, 3.05) is 11.5 Å². The number of carbonyl (C=O) groups is 1. The van der Waals surface area contributed by atoms with E-state index in [4.69, 9.17) is 4.74 Å². The maximum absolute atomic E-state index is 11.8. The number of thioether (sulfide) groups is 2. The Morgan fingerprint density at radius 2 is 1.46 bits per heavy atom. The molecule has 0 unspecified atom stereocenters. The Morgan fingerprint density at radius 3 is 1.96 bits per heavy atom. The van der Waals surface area contributed by atoms with Crippen LogP contribution in [0.4, 0.5) is 0 Å². The maximum Gasteiger partial charge on any atom is 0.330 e. The average molecular weight is 443 g/mol. The summed E-state index contributed by atoms with van der Waals surface area (Å²) < 4.78 is 5.63. The van der Waals surface area contributed by atoms with Crippen molar-refractivity contribution in [2.24, 2.45) is 0 Å². The summed E-state index contributed by atoms with van der Waals surface area (Å²) in [5.74, 6) is 1.07. The molecule has 0 saturated carbocycles. The van der Waals surface area contributed by atoms with Crippen LogP contribution in [-0.4, -0.2) is 23.6 Å². The van der Waals surface area contributed by atoms with Crippen LogP contribution in [0, 0.1) is 0 Å². The van der Waals surface area contributed by atoms with Gasteiger partial charge in [-0.25, -0.2) is 4.79 Å². The lowest BCUT2D eigenvalue weighted by Crippen LogP contribution is -2.22. The number of rotatable bonds is 8. The molecule has 0 amide bonds. The van der Waals surface area contributed by atoms with E-state index in [0.717, 1.165) is 11.5 Å². The molecule has 0 fully saturated rings. The van der Waals surface area contributed by atoms with E-state index in [1.54, 1.807) is 46.2 Å². The first kappa shape index (κ1) is 19.6. The monoisotopic (exact) mass is 442 g/mol. The van der Waals surface area contributed by atoms with Gasteiger partial charge in [0.05, 0.1) is 0 Å². The van der Waals surface area contributed by atoms with Gasteiger partial charge >= 0.3 is 5.97 Å². The topological polar surface area (TPSA) is 26.3 Å². The van der Waals surface area contributed by atoms with Gasteiger partial charge < -0.3 is 4.74 Å². The first-order chi connectivity index (χ1) is 13.7. The molecule has 2 aliphatic heterocycles. The summed E-state index contributed by atoms with van der Waals surface area (Å²) in [6.45, 7) is 3.53. The minimum absolute atomic E-state index is 0.183. The van der Waals surface area contributed by atoms with Crippen LogP contribution in [-0.2, 0) is 9.53 Å². The molecule has 2 heterocycles. The third-order valence-corrected chi connectivity index (χ3v) is 8.79. The summed E-state index contributed by atoms with van der Waals surface area (Å²) in [5.41, 5.74) is 2.52. The van der Waals surface area contributed by atoms with Gasteiger partial charge in [-0.1, -0.05) is 43.0 Å². The van der Waals surface area contributed by atoms with Gasteiger partial charge in [0, 0.05) is 37.1 Å². The van der Waals surface area contributed by atoms with Crippen molar-refractivity contribution in [1.82, 2.24) is 0 Å². The highest BCUT2D eigenvalue weighted by atomic mass is 32.2. The highest BCUT2D eigenvalue weighted by Crippen LogP contribution is 2.40. The molecule has 0 spiro atoms. The lowest BCUT2D eigenvalue weighted by molar-refractivity contribution is -0.140. The highest BCUT2D eigenvalue weighted by molar-refractivity contribution is 8.00. The Hall–Kier alpha value is -1.73. The average Bonchev–Trinajstić information content (AvgIpc) is 3.34. The summed E-state index contributed by atoms with van der Waals surface area (Å²) >= 11 is 6.98. The molecule has 2 nitrogen and oxygen atoms in total. The summed E-state index contributed by atoms with van der Waals surface area (Å²) in [7, 11) is 0. The Balaban J connectivity index is 1.43. The quantitative estimate of drug-likeness (QED) is 0.167. The van der Waals surface area contributed by atoms with Crippen LogP contribution in [0.25, 0.3) is 20.9 Å². The summed E-state index contributed by atoms with van der Waals surface area (Å²) in [6, 6.07) is 17.0. The minimum Gasteiger partial charge on any atom is -0.457 e. The Kier molecular flexibility index (Phi) is 6.42. The molecule has 0 atom stereocenters. The smallest absolute Gasteiger partial charge is 0.330 e. The molecule has 0 aromatic heterocycles. The minimum atomic E-state index is -0.364. The van der Waals surface area contributed by atoms with Gasteiger partial charge in [0.25, 0.3) is 0 Å². The van der Waals surface area contributed by atoms with Crippen molar-refractivity contribution in [3.8, 4) is 20.9 Å². The van der Waals surface area contributed by atoms with E-state index in [2.05, 4.69) is 65.9 Å². The van der Waals surface area contributed by atoms with Gasteiger partial charge in [-0.15, -0.1) is 46.2 Å². The molecule has 0 saturated heterocycles. The van der Waals surface area contributed by atoms with E-state index in [9.17, 15) is 4.79 Å². The van der Waals surface area contributed by atoms with Gasteiger partial charge in [-0.3, -0.25) is 0 Å². The molecule has 0 bridgehead atoms. The normalized spacial score (nSPS) is 11.3. The molecule has 142 valence electrons. The third-order valence-electron chi connectivity index (χ3n) is 4.18. The Labute approximate surface area is 181 Å². The predicted molar refractivity (Wildman–Crippen MR) is 123 cm³/mol. The molecule has 0 radical (unpaired) electrons. The van der Waals surface area contributed by atoms with Crippen molar-refractivity contribution in [1.29, 1.82) is 0 Å². The van der Waals surface area contributed by atoms with Crippen molar-refractivity contribution in [3.63, 3.8) is 0 Å². The van der Waals surface area contributed by atoms with E-state index in [1.807, 2.05) is 0 Å². The van der Waals surface area contributed by atoms with Gasteiger partial charge in [0.15, 0.2) is 0 Å². The zero-order chi connectivity index (χ0) is 19.3. The molecule has 0 aromatic rings. The number of fused-ring (bicyclic) bond motifs is 2. The van der Waals surface area contributed by atoms with Gasteiger partial charge in [0.2, 0.25) is 0 Å². The standard InChI is InChI=1S/C22H18O2S4/c1-2-20(23)24-17(13-27-18-9-7-15-5-3-11-25-21(15)18)14-28-19-10-8-16-6-4-12-26-22(16)19/h2-12,17H,1,13-14H2. The second-order valence-corrected chi connectivity index (χ2v) is 10.0. The predicted octanol–water partition coefficient (Wildman–Crippen LogP) is 7.00. The fraction of sp³-hybridized carbons (Fsp3) is 0.136. The lowest BCUT2D eigenvalue weighted by Gasteiger charge is -2.17. The second kappa shape index (κ2) is 9.18. The first-order valence-electron chi connectivity index (χ1n) is 8.75. The number of carbonyl (C=O) groups excluding carboxylic acids is 1. The molecule has 0 N–H and O–H groups in total. The van der Waals surface area contributed by atoms with Crippen molar-refractivity contribution in [3.05, 3.63) is 71.9 Å². The third kappa shape index (κ3) is 4.46. The Bertz CT molecular complexity index is 947. The van der Waals surface area contributed by atoms with E-state index >= 15 is 0 Å². The molecule has 6 heteroatoms. The van der Waals surface area contributed by atoms with Crippen LogP contribution in [0.5, 0.6) is 0 Å². The SMILES string of the molecule is C=CC(=O)OC(CSc1ccc2cccsc1-2)CSc1ccc2cccsc1-2. The zero-order valence-corrected chi connectivity index (χ0v) is 18.3. The Morgan fingerprint density at radius 1 is 0.929 bits per heavy atom. The highest BCUT2D eigenvalue weighted by Gasteiger charge is 2.19. The van der Waals surface area contributed by atoms with Crippen molar-refractivity contribution < 1.29 is 9.53 Å². The van der Waals surface area contributed by atoms with Crippen molar-refractivity contribution in [2.45, 2.75) is 15.9 Å². The molecule has 28 heavy (non-hydrogen) atoms. The number of ether oxygens (including phenoxy) is 1. The van der Waals surface area contributed by atoms with E-state index < -0.39 is 0 Å². The molecule has 2 aliphatic carbocycles. The largest absolute Gasteiger partial charge is 0.457 e. The first-order valence-corrected chi connectivity index (χ1v) is 12.5. The second-order valence-electron chi connectivity index (χ2n) is 6.08. The van der Waals surface area contributed by atoms with E-state index in [0.29, 0.717) is 0 Å². The van der Waals surface area contributed by atoms with Crippen LogP contribution in [0.2, 0.25) is 0 Å². The van der Waals surface area contributed by atoms with Crippen LogP contribution >= 0.6 is 46.2 Å². The van der Waals surface area contributed by atoms with E-state index in [1.165, 1.54) is 36.7 Å². The zero-order valence-electron chi connectivity index (χ0n) is 15.0. The molecule has 4 rings (SSSR count). The summed E-state index contributed by atoms with van der Waals surface area (Å²) in [5, 5.41) is 4.19. The van der Waals surface area contributed by atoms with Crippen LogP contribution in [0.1, 0.15) is 0 Å². The van der Waals surface area contributed by atoms with Crippen molar-refractivity contribution >= 4 is 52.2 Å². The van der Waals surface area contributed by atoms with Crippen LogP contribution in [0.3, 0.4) is 0 Å². The van der Waals surface area contributed by atoms with Crippen LogP contribution < -0.4 is 0 Å². The summed E-state index contributed by atoms with van der Waals surface area (Å²) in [6.07, 6.45) is 1.06. The number of hydrogen-bond acceptors (Lipinski definition) is 6. The molecule has 0 aromatic carbocycles. The number of esters is 1. The van der Waals surface area contributed by atoms with E-state index in [-0.39, 0.29) is 12.1 Å². The fourth-order valence-corrected chi connectivity index (χ4v) is 7.07. The lowest BCUT2D eigenvalue weighted by atomic mass is 10.3. The number of hydrogen-bond donors (Lipinski definition) is 0. The fourth-order valence-electron chi connectivity index (χ4n) is 2.85. The molecular weight excluding hydrogens is 425 g/mol. The summed E-state index contributed by atoms with van der Waals surface area (Å²) in [4.78, 5) is 16.9. The molecule has 4 aliphatic rings.